The molecule has 0 heterocycles. The Morgan fingerprint density at radius 3 is 1.92 bits per heavy atom. The van der Waals surface area contributed by atoms with E-state index in [0.717, 1.165) is 11.5 Å². The lowest BCUT2D eigenvalue weighted by Gasteiger charge is -2.07. The van der Waals surface area contributed by atoms with Gasteiger partial charge in [0, 0.05) is 11.3 Å². The van der Waals surface area contributed by atoms with E-state index in [0.29, 0.717) is 24.5 Å². The minimum Gasteiger partial charge on any atom is -0.494 e. The minimum absolute atomic E-state index is 0.00749. The topological polar surface area (TPSA) is 64.6 Å². The van der Waals surface area contributed by atoms with E-state index in [1.165, 1.54) is 11.8 Å². The van der Waals surface area contributed by atoms with Gasteiger partial charge in [-0.05, 0) is 62.4 Å². The predicted molar refractivity (Wildman–Crippen MR) is 106 cm³/mol. The summed E-state index contributed by atoms with van der Waals surface area (Å²) in [6, 6.07) is 14.2. The lowest BCUT2D eigenvalue weighted by atomic mass is 10.1. The molecule has 1 N–H and O–H groups in total. The van der Waals surface area contributed by atoms with Crippen LogP contribution in [0.25, 0.3) is 0 Å². The number of hydrogen-bond donors (Lipinski definition) is 1. The van der Waals surface area contributed by atoms with Gasteiger partial charge < -0.3 is 14.8 Å². The Hall–Kier alpha value is -2.47. The van der Waals surface area contributed by atoms with Crippen LogP contribution in [0.3, 0.4) is 0 Å². The highest BCUT2D eigenvalue weighted by atomic mass is 32.2. The summed E-state index contributed by atoms with van der Waals surface area (Å²) in [5, 5.41) is 2.80. The first kappa shape index (κ1) is 19.8. The first-order valence-corrected chi connectivity index (χ1v) is 9.64. The normalized spacial score (nSPS) is 10.2. The van der Waals surface area contributed by atoms with E-state index in [4.69, 9.17) is 9.47 Å². The number of carbonyl (C=O) groups is 2. The van der Waals surface area contributed by atoms with E-state index in [-0.39, 0.29) is 23.2 Å². The third-order valence-electron chi connectivity index (χ3n) is 3.40. The molecule has 138 valence electrons. The van der Waals surface area contributed by atoms with Crippen molar-refractivity contribution in [2.24, 2.45) is 0 Å². The molecule has 1 amide bonds. The number of nitrogens with one attached hydrogen (secondary N) is 1. The molecule has 0 saturated heterocycles. The quantitative estimate of drug-likeness (QED) is 0.637. The molecular weight excluding hydrogens is 350 g/mol. The summed E-state index contributed by atoms with van der Waals surface area (Å²) in [6.45, 7) is 5.02. The van der Waals surface area contributed by atoms with E-state index in [2.05, 4.69) is 5.32 Å². The highest BCUT2D eigenvalue weighted by molar-refractivity contribution is 8.00. The Morgan fingerprint density at radius 2 is 1.38 bits per heavy atom. The number of ketones is 1. The molecular formula is C20H23NO4S. The van der Waals surface area contributed by atoms with Crippen LogP contribution in [0.1, 0.15) is 24.2 Å². The second-order valence-electron chi connectivity index (χ2n) is 5.38. The molecule has 26 heavy (non-hydrogen) atoms. The molecule has 2 aromatic carbocycles. The summed E-state index contributed by atoms with van der Waals surface area (Å²) in [6.07, 6.45) is 0. The van der Waals surface area contributed by atoms with Crippen molar-refractivity contribution in [2.45, 2.75) is 13.8 Å². The van der Waals surface area contributed by atoms with Crippen LogP contribution in [0.15, 0.2) is 48.5 Å². The van der Waals surface area contributed by atoms with Gasteiger partial charge in [0.25, 0.3) is 0 Å². The maximum absolute atomic E-state index is 12.1. The molecule has 0 spiro atoms. The van der Waals surface area contributed by atoms with Gasteiger partial charge in [-0.15, -0.1) is 11.8 Å². The number of benzene rings is 2. The summed E-state index contributed by atoms with van der Waals surface area (Å²) in [5.41, 5.74) is 1.32. The van der Waals surface area contributed by atoms with E-state index < -0.39 is 0 Å². The van der Waals surface area contributed by atoms with Crippen molar-refractivity contribution in [1.82, 2.24) is 0 Å². The number of amides is 1. The number of thioether (sulfide) groups is 1. The average Bonchev–Trinajstić information content (AvgIpc) is 2.64. The third kappa shape index (κ3) is 6.44. The molecule has 0 radical (unpaired) electrons. The van der Waals surface area contributed by atoms with Crippen LogP contribution in [0, 0.1) is 0 Å². The maximum Gasteiger partial charge on any atom is 0.234 e. The molecule has 6 heteroatoms. The molecule has 0 aliphatic heterocycles. The van der Waals surface area contributed by atoms with Gasteiger partial charge in [0.1, 0.15) is 11.5 Å². The first-order chi connectivity index (χ1) is 12.6. The van der Waals surface area contributed by atoms with Crippen molar-refractivity contribution >= 4 is 29.1 Å². The fraction of sp³-hybridized carbons (Fsp3) is 0.300. The fourth-order valence-electron chi connectivity index (χ4n) is 2.22. The van der Waals surface area contributed by atoms with Gasteiger partial charge in [0.15, 0.2) is 5.78 Å². The summed E-state index contributed by atoms with van der Waals surface area (Å²) in [4.78, 5) is 24.1. The summed E-state index contributed by atoms with van der Waals surface area (Å²) in [5.74, 6) is 1.83. The Bertz CT molecular complexity index is 714. The van der Waals surface area contributed by atoms with Gasteiger partial charge in [-0.2, -0.15) is 0 Å². The zero-order valence-electron chi connectivity index (χ0n) is 15.0. The smallest absolute Gasteiger partial charge is 0.234 e. The van der Waals surface area contributed by atoms with Gasteiger partial charge in [0.05, 0.1) is 24.7 Å². The highest BCUT2D eigenvalue weighted by Gasteiger charge is 2.09. The van der Waals surface area contributed by atoms with E-state index in [9.17, 15) is 9.59 Å². The van der Waals surface area contributed by atoms with Crippen LogP contribution >= 0.6 is 11.8 Å². The molecule has 2 rings (SSSR count). The van der Waals surface area contributed by atoms with Crippen LogP contribution in [-0.4, -0.2) is 36.4 Å². The fourth-order valence-corrected chi connectivity index (χ4v) is 2.93. The molecule has 0 unspecified atom stereocenters. The first-order valence-electron chi connectivity index (χ1n) is 8.49. The van der Waals surface area contributed by atoms with Crippen LogP contribution in [0.2, 0.25) is 0 Å². The van der Waals surface area contributed by atoms with Crippen molar-refractivity contribution in [1.29, 1.82) is 0 Å². The standard InChI is InChI=1S/C20H23NO4S/c1-3-24-17-9-5-15(6-10-17)19(22)13-26-14-20(23)21-16-7-11-18(12-8-16)25-4-2/h5-12H,3-4,13-14H2,1-2H3,(H,21,23). The molecule has 0 saturated carbocycles. The Labute approximate surface area is 158 Å². The van der Waals surface area contributed by atoms with Gasteiger partial charge in [-0.3, -0.25) is 9.59 Å². The SMILES string of the molecule is CCOc1ccc(NC(=O)CSCC(=O)c2ccc(OCC)cc2)cc1. The minimum atomic E-state index is -0.140. The van der Waals surface area contributed by atoms with E-state index in [1.807, 2.05) is 26.0 Å². The lowest BCUT2D eigenvalue weighted by Crippen LogP contribution is -2.15. The van der Waals surface area contributed by atoms with Gasteiger partial charge in [0.2, 0.25) is 5.91 Å². The monoisotopic (exact) mass is 373 g/mol. The van der Waals surface area contributed by atoms with Gasteiger partial charge in [-0.25, -0.2) is 0 Å². The maximum atomic E-state index is 12.1. The molecule has 0 fully saturated rings. The highest BCUT2D eigenvalue weighted by Crippen LogP contribution is 2.17. The number of hydrogen-bond acceptors (Lipinski definition) is 5. The van der Waals surface area contributed by atoms with Crippen LogP contribution < -0.4 is 14.8 Å². The number of carbonyl (C=O) groups excluding carboxylic acids is 2. The largest absolute Gasteiger partial charge is 0.494 e. The zero-order valence-corrected chi connectivity index (χ0v) is 15.8. The molecule has 5 nitrogen and oxygen atoms in total. The molecule has 0 aromatic heterocycles. The van der Waals surface area contributed by atoms with Crippen LogP contribution in [0.4, 0.5) is 5.69 Å². The summed E-state index contributed by atoms with van der Waals surface area (Å²) < 4.78 is 10.7. The van der Waals surface area contributed by atoms with Crippen LogP contribution in [0.5, 0.6) is 11.5 Å². The second-order valence-corrected chi connectivity index (χ2v) is 6.36. The molecule has 0 aliphatic carbocycles. The zero-order chi connectivity index (χ0) is 18.8. The summed E-state index contributed by atoms with van der Waals surface area (Å²) in [7, 11) is 0. The van der Waals surface area contributed by atoms with Crippen molar-refractivity contribution in [3.63, 3.8) is 0 Å². The third-order valence-corrected chi connectivity index (χ3v) is 4.34. The predicted octanol–water partition coefficient (Wildman–Crippen LogP) is 4.04. The molecule has 0 atom stereocenters. The van der Waals surface area contributed by atoms with E-state index >= 15 is 0 Å². The molecule has 0 bridgehead atoms. The van der Waals surface area contributed by atoms with Gasteiger partial charge >= 0.3 is 0 Å². The molecule has 2 aromatic rings. The summed E-state index contributed by atoms with van der Waals surface area (Å²) >= 11 is 1.29. The molecule has 0 aliphatic rings. The van der Waals surface area contributed by atoms with Crippen molar-refractivity contribution < 1.29 is 19.1 Å². The number of anilines is 1. The van der Waals surface area contributed by atoms with E-state index in [1.54, 1.807) is 36.4 Å². The number of rotatable bonds is 10. The lowest BCUT2D eigenvalue weighted by molar-refractivity contribution is -0.113. The van der Waals surface area contributed by atoms with Gasteiger partial charge in [-0.1, -0.05) is 0 Å². The number of ether oxygens (including phenoxy) is 2. The number of Topliss-reactive ketones (excluding diaryl/α,β-unsaturated/α-hetero) is 1. The average molecular weight is 373 g/mol. The van der Waals surface area contributed by atoms with Crippen LogP contribution in [-0.2, 0) is 4.79 Å². The Morgan fingerprint density at radius 1 is 0.846 bits per heavy atom. The van der Waals surface area contributed by atoms with Crippen molar-refractivity contribution in [3.05, 3.63) is 54.1 Å². The Kier molecular flexibility index (Phi) is 8.02. The van der Waals surface area contributed by atoms with Crippen molar-refractivity contribution in [2.75, 3.05) is 30.0 Å². The Balaban J connectivity index is 1.74. The second kappa shape index (κ2) is 10.5. The van der Waals surface area contributed by atoms with Crippen molar-refractivity contribution in [3.8, 4) is 11.5 Å².